The number of carbonyl (C=O) groups is 3. The molecule has 1 aliphatic rings. The van der Waals surface area contributed by atoms with Gasteiger partial charge in [0.15, 0.2) is 0 Å². The van der Waals surface area contributed by atoms with E-state index in [2.05, 4.69) is 5.32 Å². The van der Waals surface area contributed by atoms with E-state index in [0.717, 1.165) is 16.8 Å². The molecule has 0 spiro atoms. The number of ether oxygens (including phenoxy) is 1. The minimum atomic E-state index is -0.359. The Morgan fingerprint density at radius 2 is 1.72 bits per heavy atom. The molecule has 7 nitrogen and oxygen atoms in total. The van der Waals surface area contributed by atoms with Crippen molar-refractivity contribution >= 4 is 23.6 Å². The van der Waals surface area contributed by atoms with E-state index in [4.69, 9.17) is 4.74 Å². The van der Waals surface area contributed by atoms with Crippen molar-refractivity contribution in [3.8, 4) is 0 Å². The summed E-state index contributed by atoms with van der Waals surface area (Å²) in [6.07, 6.45) is -0.561. The predicted molar refractivity (Wildman–Crippen MR) is 94.3 cm³/mol. The number of hydrogen-bond donors (Lipinski definition) is 1. The predicted octanol–water partition coefficient (Wildman–Crippen LogP) is 1.93. The molecule has 1 aromatic carbocycles. The first-order chi connectivity index (χ1) is 11.9. The first kappa shape index (κ1) is 18.8. The smallest absolute Gasteiger partial charge is 0.409 e. The first-order valence-corrected chi connectivity index (χ1v) is 8.47. The average Bonchev–Trinajstić information content (AvgIpc) is 2.57. The highest BCUT2D eigenvalue weighted by Gasteiger charge is 2.25. The summed E-state index contributed by atoms with van der Waals surface area (Å²) >= 11 is 0. The second-order valence-electron chi connectivity index (χ2n) is 6.11. The van der Waals surface area contributed by atoms with Crippen LogP contribution in [0.25, 0.3) is 0 Å². The van der Waals surface area contributed by atoms with Crippen LogP contribution < -0.4 is 5.32 Å². The molecule has 0 aromatic heterocycles. The van der Waals surface area contributed by atoms with Gasteiger partial charge in [-0.05, 0) is 32.4 Å². The van der Waals surface area contributed by atoms with Crippen LogP contribution in [0.2, 0.25) is 0 Å². The fourth-order valence-electron chi connectivity index (χ4n) is 2.75. The van der Waals surface area contributed by atoms with E-state index in [1.165, 1.54) is 0 Å². The summed E-state index contributed by atoms with van der Waals surface area (Å²) in [4.78, 5) is 39.2. The molecule has 0 atom stereocenters. The van der Waals surface area contributed by atoms with Crippen LogP contribution in [-0.2, 0) is 14.3 Å². The Balaban J connectivity index is 1.82. The molecule has 1 aliphatic heterocycles. The lowest BCUT2D eigenvalue weighted by atomic mass is 10.1. The fourth-order valence-corrected chi connectivity index (χ4v) is 2.75. The van der Waals surface area contributed by atoms with Crippen LogP contribution in [0, 0.1) is 13.8 Å². The van der Waals surface area contributed by atoms with Gasteiger partial charge >= 0.3 is 6.09 Å². The van der Waals surface area contributed by atoms with Crippen molar-refractivity contribution in [1.82, 2.24) is 9.80 Å². The molecule has 1 saturated heterocycles. The second-order valence-corrected chi connectivity index (χ2v) is 6.11. The number of hydrogen-bond acceptors (Lipinski definition) is 4. The molecule has 7 heteroatoms. The summed E-state index contributed by atoms with van der Waals surface area (Å²) in [5.41, 5.74) is 2.80. The molecule has 3 amide bonds. The molecule has 0 bridgehead atoms. The molecule has 2 rings (SSSR count). The van der Waals surface area contributed by atoms with E-state index in [9.17, 15) is 14.4 Å². The van der Waals surface area contributed by atoms with Gasteiger partial charge in [-0.2, -0.15) is 0 Å². The van der Waals surface area contributed by atoms with Gasteiger partial charge in [0.05, 0.1) is 6.61 Å². The minimum absolute atomic E-state index is 0.202. The fraction of sp³-hybridized carbons (Fsp3) is 0.500. The molecule has 0 radical (unpaired) electrons. The third-order valence-electron chi connectivity index (χ3n) is 4.13. The molecule has 1 aromatic rings. The number of anilines is 1. The van der Waals surface area contributed by atoms with Gasteiger partial charge in [0, 0.05) is 31.9 Å². The van der Waals surface area contributed by atoms with Crippen molar-refractivity contribution in [1.29, 1.82) is 0 Å². The topological polar surface area (TPSA) is 79.0 Å². The van der Waals surface area contributed by atoms with Crippen molar-refractivity contribution < 1.29 is 19.1 Å². The van der Waals surface area contributed by atoms with Gasteiger partial charge in [-0.15, -0.1) is 0 Å². The lowest BCUT2D eigenvalue weighted by molar-refractivity contribution is -0.135. The lowest BCUT2D eigenvalue weighted by Crippen LogP contribution is -2.51. The zero-order valence-corrected chi connectivity index (χ0v) is 15.0. The number of nitrogens with zero attached hydrogens (tertiary/aromatic N) is 2. The highest BCUT2D eigenvalue weighted by Crippen LogP contribution is 2.16. The van der Waals surface area contributed by atoms with E-state index in [0.29, 0.717) is 32.8 Å². The minimum Gasteiger partial charge on any atom is -0.450 e. The third kappa shape index (κ3) is 5.20. The molecule has 1 fully saturated rings. The SMILES string of the molecule is CCOC(=O)N1CCN(C(=O)CC(=O)Nc2ccc(C)cc2C)CC1. The molecule has 0 saturated carbocycles. The highest BCUT2D eigenvalue weighted by molar-refractivity contribution is 6.03. The number of rotatable bonds is 4. The van der Waals surface area contributed by atoms with Crippen LogP contribution in [0.4, 0.5) is 10.5 Å². The average molecular weight is 347 g/mol. The molecule has 25 heavy (non-hydrogen) atoms. The summed E-state index contributed by atoms with van der Waals surface area (Å²) in [7, 11) is 0. The molecular formula is C18H25N3O4. The van der Waals surface area contributed by atoms with Crippen LogP contribution in [-0.4, -0.2) is 60.5 Å². The number of aryl methyl sites for hydroxylation is 2. The Morgan fingerprint density at radius 1 is 1.08 bits per heavy atom. The van der Waals surface area contributed by atoms with Gasteiger partial charge in [-0.3, -0.25) is 9.59 Å². The van der Waals surface area contributed by atoms with Crippen molar-refractivity contribution in [2.75, 3.05) is 38.1 Å². The van der Waals surface area contributed by atoms with Crippen LogP contribution >= 0.6 is 0 Å². The maximum atomic E-state index is 12.3. The molecule has 1 N–H and O–H groups in total. The molecule has 136 valence electrons. The first-order valence-electron chi connectivity index (χ1n) is 8.47. The van der Waals surface area contributed by atoms with Crippen molar-refractivity contribution in [2.45, 2.75) is 27.2 Å². The number of carbonyl (C=O) groups excluding carboxylic acids is 3. The van der Waals surface area contributed by atoms with Crippen molar-refractivity contribution in [2.24, 2.45) is 0 Å². The Bertz CT molecular complexity index is 652. The quantitative estimate of drug-likeness (QED) is 0.844. The molecule has 0 unspecified atom stereocenters. The van der Waals surface area contributed by atoms with Gasteiger partial charge in [-0.1, -0.05) is 17.7 Å². The van der Waals surface area contributed by atoms with Crippen LogP contribution in [0.1, 0.15) is 24.5 Å². The molecule has 1 heterocycles. The summed E-state index contributed by atoms with van der Waals surface area (Å²) in [5, 5.41) is 2.78. The van der Waals surface area contributed by atoms with E-state index in [-0.39, 0.29) is 24.3 Å². The van der Waals surface area contributed by atoms with Gasteiger partial charge < -0.3 is 19.9 Å². The summed E-state index contributed by atoms with van der Waals surface area (Å²) < 4.78 is 4.95. The van der Waals surface area contributed by atoms with Crippen LogP contribution in [0.5, 0.6) is 0 Å². The van der Waals surface area contributed by atoms with Gasteiger partial charge in [0.25, 0.3) is 0 Å². The second kappa shape index (κ2) is 8.50. The monoisotopic (exact) mass is 347 g/mol. The largest absolute Gasteiger partial charge is 0.450 e. The normalized spacial score (nSPS) is 14.2. The van der Waals surface area contributed by atoms with E-state index < -0.39 is 0 Å². The Morgan fingerprint density at radius 3 is 2.32 bits per heavy atom. The van der Waals surface area contributed by atoms with Crippen LogP contribution in [0.15, 0.2) is 18.2 Å². The zero-order valence-electron chi connectivity index (χ0n) is 15.0. The highest BCUT2D eigenvalue weighted by atomic mass is 16.6. The number of piperazine rings is 1. The maximum absolute atomic E-state index is 12.3. The molecule has 0 aliphatic carbocycles. The number of benzene rings is 1. The Kier molecular flexibility index (Phi) is 6.38. The standard InChI is InChI=1S/C18H25N3O4/c1-4-25-18(24)21-9-7-20(8-10-21)17(23)12-16(22)19-15-6-5-13(2)11-14(15)3/h5-6,11H,4,7-10,12H2,1-3H3,(H,19,22). The van der Waals surface area contributed by atoms with E-state index in [1.807, 2.05) is 32.0 Å². The summed E-state index contributed by atoms with van der Waals surface area (Å²) in [6.45, 7) is 7.65. The number of amides is 3. The van der Waals surface area contributed by atoms with Crippen molar-refractivity contribution in [3.63, 3.8) is 0 Å². The van der Waals surface area contributed by atoms with E-state index >= 15 is 0 Å². The van der Waals surface area contributed by atoms with Crippen molar-refractivity contribution in [3.05, 3.63) is 29.3 Å². The maximum Gasteiger partial charge on any atom is 0.409 e. The summed E-state index contributed by atoms with van der Waals surface area (Å²) in [6, 6.07) is 5.73. The lowest BCUT2D eigenvalue weighted by Gasteiger charge is -2.34. The summed E-state index contributed by atoms with van der Waals surface area (Å²) in [5.74, 6) is -0.560. The number of nitrogens with one attached hydrogen (secondary N) is 1. The Hall–Kier alpha value is -2.57. The zero-order chi connectivity index (χ0) is 18.4. The van der Waals surface area contributed by atoms with Gasteiger partial charge in [-0.25, -0.2) is 4.79 Å². The van der Waals surface area contributed by atoms with Gasteiger partial charge in [0.1, 0.15) is 6.42 Å². The van der Waals surface area contributed by atoms with Crippen LogP contribution in [0.3, 0.4) is 0 Å². The van der Waals surface area contributed by atoms with E-state index in [1.54, 1.807) is 16.7 Å². The third-order valence-corrected chi connectivity index (χ3v) is 4.13. The Labute approximate surface area is 147 Å². The van der Waals surface area contributed by atoms with Gasteiger partial charge in [0.2, 0.25) is 11.8 Å². The molecular weight excluding hydrogens is 322 g/mol.